The van der Waals surface area contributed by atoms with Crippen molar-refractivity contribution in [1.29, 1.82) is 0 Å². The molecule has 0 spiro atoms. The summed E-state index contributed by atoms with van der Waals surface area (Å²) >= 11 is 1.19. The fraction of sp³-hybridized carbons (Fsp3) is 0.312. The highest BCUT2D eigenvalue weighted by molar-refractivity contribution is 7.91. The second-order valence-corrected chi connectivity index (χ2v) is 9.04. The minimum Gasteiger partial charge on any atom is -0.325 e. The molecule has 3 rings (SSSR count). The van der Waals surface area contributed by atoms with Crippen LogP contribution in [0.4, 0.5) is 10.1 Å². The molecule has 1 N–H and O–H groups in total. The SMILES string of the molecule is Cc1ccc(S(=O)(=O)N2CCCC2C(=O)Nc2cccc(F)c2)s1. The van der Waals surface area contributed by atoms with Crippen molar-refractivity contribution in [3.05, 3.63) is 47.1 Å². The summed E-state index contributed by atoms with van der Waals surface area (Å²) in [7, 11) is -3.70. The molecule has 0 saturated carbocycles. The third-order valence-electron chi connectivity index (χ3n) is 3.88. The lowest BCUT2D eigenvalue weighted by atomic mass is 10.2. The van der Waals surface area contributed by atoms with Gasteiger partial charge in [-0.15, -0.1) is 11.3 Å². The van der Waals surface area contributed by atoms with Crippen molar-refractivity contribution in [2.45, 2.75) is 30.0 Å². The molecule has 1 aliphatic heterocycles. The number of hydrogen-bond acceptors (Lipinski definition) is 4. The van der Waals surface area contributed by atoms with Gasteiger partial charge in [0, 0.05) is 17.1 Å². The molecule has 1 unspecified atom stereocenters. The van der Waals surface area contributed by atoms with Crippen LogP contribution in [0.25, 0.3) is 0 Å². The first-order chi connectivity index (χ1) is 11.4. The number of rotatable bonds is 4. The molecule has 1 amide bonds. The number of nitrogens with one attached hydrogen (secondary N) is 1. The number of halogens is 1. The first-order valence-corrected chi connectivity index (χ1v) is 9.78. The van der Waals surface area contributed by atoms with E-state index in [0.29, 0.717) is 25.1 Å². The Hall–Kier alpha value is -1.77. The van der Waals surface area contributed by atoms with Crippen LogP contribution >= 0.6 is 11.3 Å². The number of carbonyl (C=O) groups excluding carboxylic acids is 1. The molecule has 1 aliphatic rings. The summed E-state index contributed by atoms with van der Waals surface area (Å²) in [6.07, 6.45) is 1.07. The van der Waals surface area contributed by atoms with Gasteiger partial charge in [-0.1, -0.05) is 6.07 Å². The fourth-order valence-corrected chi connectivity index (χ4v) is 5.82. The highest BCUT2D eigenvalue weighted by Gasteiger charge is 2.40. The van der Waals surface area contributed by atoms with Crippen LogP contribution in [0.2, 0.25) is 0 Å². The number of carbonyl (C=O) groups is 1. The molecule has 24 heavy (non-hydrogen) atoms. The normalized spacial score (nSPS) is 18.7. The average Bonchev–Trinajstić information content (AvgIpc) is 3.16. The Morgan fingerprint density at radius 2 is 2.12 bits per heavy atom. The molecule has 2 heterocycles. The zero-order valence-corrected chi connectivity index (χ0v) is 14.7. The first kappa shape index (κ1) is 17.1. The highest BCUT2D eigenvalue weighted by atomic mass is 32.2. The Balaban J connectivity index is 1.81. The van der Waals surface area contributed by atoms with Gasteiger partial charge >= 0.3 is 0 Å². The van der Waals surface area contributed by atoms with E-state index < -0.39 is 27.8 Å². The summed E-state index contributed by atoms with van der Waals surface area (Å²) in [5.41, 5.74) is 0.316. The number of amides is 1. The van der Waals surface area contributed by atoms with Crippen molar-refractivity contribution >= 4 is 33.0 Å². The second kappa shape index (κ2) is 6.62. The van der Waals surface area contributed by atoms with E-state index in [1.54, 1.807) is 18.2 Å². The summed E-state index contributed by atoms with van der Waals surface area (Å²) < 4.78 is 40.2. The van der Waals surface area contributed by atoms with Crippen molar-refractivity contribution in [2.75, 3.05) is 11.9 Å². The van der Waals surface area contributed by atoms with Crippen molar-refractivity contribution in [1.82, 2.24) is 4.31 Å². The predicted molar refractivity (Wildman–Crippen MR) is 91.0 cm³/mol. The van der Waals surface area contributed by atoms with Gasteiger partial charge in [0.05, 0.1) is 0 Å². The van der Waals surface area contributed by atoms with Crippen LogP contribution in [-0.4, -0.2) is 31.2 Å². The molecule has 1 aromatic carbocycles. The van der Waals surface area contributed by atoms with Crippen LogP contribution in [0.5, 0.6) is 0 Å². The summed E-state index contributed by atoms with van der Waals surface area (Å²) in [5, 5.41) is 2.60. The van der Waals surface area contributed by atoms with Gasteiger partial charge in [0.2, 0.25) is 5.91 Å². The zero-order valence-electron chi connectivity index (χ0n) is 13.0. The molecule has 1 saturated heterocycles. The third-order valence-corrected chi connectivity index (χ3v) is 7.25. The number of anilines is 1. The van der Waals surface area contributed by atoms with Gasteiger partial charge in [-0.25, -0.2) is 12.8 Å². The fourth-order valence-electron chi connectivity index (χ4n) is 2.75. The van der Waals surface area contributed by atoms with Gasteiger partial charge in [0.25, 0.3) is 10.0 Å². The maximum Gasteiger partial charge on any atom is 0.253 e. The molecule has 8 heteroatoms. The van der Waals surface area contributed by atoms with Gasteiger partial charge in [-0.2, -0.15) is 4.31 Å². The molecule has 1 aromatic heterocycles. The maximum atomic E-state index is 13.2. The zero-order chi connectivity index (χ0) is 17.3. The lowest BCUT2D eigenvalue weighted by Crippen LogP contribution is -2.42. The molecule has 1 atom stereocenters. The van der Waals surface area contributed by atoms with E-state index in [0.717, 1.165) is 4.88 Å². The van der Waals surface area contributed by atoms with Crippen LogP contribution in [0.1, 0.15) is 17.7 Å². The van der Waals surface area contributed by atoms with Crippen molar-refractivity contribution in [3.63, 3.8) is 0 Å². The van der Waals surface area contributed by atoms with Crippen molar-refractivity contribution in [3.8, 4) is 0 Å². The Bertz CT molecular complexity index is 864. The van der Waals surface area contributed by atoms with Gasteiger partial charge in [0.15, 0.2) is 0 Å². The average molecular weight is 368 g/mol. The van der Waals surface area contributed by atoms with E-state index in [1.165, 1.54) is 33.8 Å². The van der Waals surface area contributed by atoms with Crippen LogP contribution in [0.3, 0.4) is 0 Å². The summed E-state index contributed by atoms with van der Waals surface area (Å²) in [4.78, 5) is 13.4. The molecule has 5 nitrogen and oxygen atoms in total. The lowest BCUT2D eigenvalue weighted by molar-refractivity contribution is -0.119. The van der Waals surface area contributed by atoms with Crippen LogP contribution in [0, 0.1) is 12.7 Å². The number of benzene rings is 1. The van der Waals surface area contributed by atoms with Gasteiger partial charge in [-0.3, -0.25) is 4.79 Å². The minimum atomic E-state index is -3.70. The van der Waals surface area contributed by atoms with E-state index in [1.807, 2.05) is 6.92 Å². The molecular formula is C16H17FN2O3S2. The van der Waals surface area contributed by atoms with E-state index in [9.17, 15) is 17.6 Å². The third kappa shape index (κ3) is 3.35. The quantitative estimate of drug-likeness (QED) is 0.902. The molecule has 0 bridgehead atoms. The smallest absolute Gasteiger partial charge is 0.253 e. The standard InChI is InChI=1S/C16H17FN2O3S2/c1-11-7-8-15(23-11)24(21,22)19-9-3-6-14(19)16(20)18-13-5-2-4-12(17)10-13/h2,4-5,7-8,10,14H,3,6,9H2,1H3,(H,18,20). The van der Waals surface area contributed by atoms with Gasteiger partial charge < -0.3 is 5.32 Å². The van der Waals surface area contributed by atoms with Gasteiger partial charge in [0.1, 0.15) is 16.1 Å². The number of aryl methyl sites for hydroxylation is 1. The molecule has 0 aliphatic carbocycles. The van der Waals surface area contributed by atoms with Crippen molar-refractivity contribution in [2.24, 2.45) is 0 Å². The monoisotopic (exact) mass is 368 g/mol. The topological polar surface area (TPSA) is 66.5 Å². The Morgan fingerprint density at radius 3 is 2.79 bits per heavy atom. The van der Waals surface area contributed by atoms with Crippen LogP contribution in [0.15, 0.2) is 40.6 Å². The number of thiophene rings is 1. The molecule has 2 aromatic rings. The summed E-state index contributed by atoms with van der Waals surface area (Å²) in [6, 6.07) is 8.07. The second-order valence-electron chi connectivity index (χ2n) is 5.64. The predicted octanol–water partition coefficient (Wildman–Crippen LogP) is 2.99. The first-order valence-electron chi connectivity index (χ1n) is 7.52. The van der Waals surface area contributed by atoms with Gasteiger partial charge in [-0.05, 0) is 50.1 Å². The summed E-state index contributed by atoms with van der Waals surface area (Å²) in [5.74, 6) is -0.896. The molecule has 1 fully saturated rings. The van der Waals surface area contributed by atoms with E-state index in [4.69, 9.17) is 0 Å². The molecular weight excluding hydrogens is 351 g/mol. The maximum absolute atomic E-state index is 13.2. The Labute approximate surface area is 144 Å². The number of nitrogens with zero attached hydrogens (tertiary/aromatic N) is 1. The van der Waals surface area contributed by atoms with E-state index in [-0.39, 0.29) is 4.21 Å². The Morgan fingerprint density at radius 1 is 1.33 bits per heavy atom. The Kier molecular flexibility index (Phi) is 4.71. The summed E-state index contributed by atoms with van der Waals surface area (Å²) in [6.45, 7) is 2.14. The van der Waals surface area contributed by atoms with Crippen LogP contribution < -0.4 is 5.32 Å². The van der Waals surface area contributed by atoms with E-state index in [2.05, 4.69) is 5.32 Å². The lowest BCUT2D eigenvalue weighted by Gasteiger charge is -2.22. The molecule has 128 valence electrons. The van der Waals surface area contributed by atoms with Crippen molar-refractivity contribution < 1.29 is 17.6 Å². The largest absolute Gasteiger partial charge is 0.325 e. The van der Waals surface area contributed by atoms with E-state index >= 15 is 0 Å². The number of hydrogen-bond donors (Lipinski definition) is 1. The van der Waals surface area contributed by atoms with Crippen LogP contribution in [-0.2, 0) is 14.8 Å². The molecule has 0 radical (unpaired) electrons. The minimum absolute atomic E-state index is 0.241. The highest BCUT2D eigenvalue weighted by Crippen LogP contribution is 2.30. The number of sulfonamides is 1.